The Hall–Kier alpha value is -2.92. The highest BCUT2D eigenvalue weighted by Crippen LogP contribution is 2.20. The summed E-state index contributed by atoms with van der Waals surface area (Å²) in [7, 11) is 0. The summed E-state index contributed by atoms with van der Waals surface area (Å²) in [5, 5.41) is 5.80. The van der Waals surface area contributed by atoms with Crippen LogP contribution in [0, 0.1) is 12.7 Å². The number of benzene rings is 2. The molecule has 0 spiro atoms. The van der Waals surface area contributed by atoms with Gasteiger partial charge in [-0.3, -0.25) is 4.79 Å². The van der Waals surface area contributed by atoms with E-state index in [9.17, 15) is 9.18 Å². The van der Waals surface area contributed by atoms with Crippen molar-refractivity contribution in [2.75, 3.05) is 10.6 Å². The molecule has 0 saturated carbocycles. The molecule has 0 unspecified atom stereocenters. The largest absolute Gasteiger partial charge is 0.354 e. The lowest BCUT2D eigenvalue weighted by atomic mass is 10.2. The molecule has 126 valence electrons. The number of nitrogens with one attached hydrogen (secondary N) is 2. The highest BCUT2D eigenvalue weighted by atomic mass is 35.5. The Morgan fingerprint density at radius 2 is 1.84 bits per heavy atom. The van der Waals surface area contributed by atoms with Crippen LogP contribution in [-0.2, 0) is 0 Å². The average molecular weight is 356 g/mol. The first-order valence-corrected chi connectivity index (χ1v) is 7.95. The summed E-state index contributed by atoms with van der Waals surface area (Å²) >= 11 is 5.70. The number of aryl methyl sites for hydroxylation is 1. The fraction of sp³-hybridized carbons (Fsp3) is 0.0526. The zero-order valence-electron chi connectivity index (χ0n) is 13.4. The van der Waals surface area contributed by atoms with Crippen LogP contribution in [0.25, 0.3) is 0 Å². The van der Waals surface area contributed by atoms with Crippen LogP contribution in [0.2, 0.25) is 5.02 Å². The minimum absolute atomic E-state index is 0.0524. The molecular weight excluding hydrogens is 341 g/mol. The van der Waals surface area contributed by atoms with Crippen molar-refractivity contribution in [2.24, 2.45) is 0 Å². The number of carbonyl (C=O) groups is 1. The van der Waals surface area contributed by atoms with E-state index in [1.807, 2.05) is 31.2 Å². The van der Waals surface area contributed by atoms with Crippen molar-refractivity contribution in [3.63, 3.8) is 0 Å². The number of amides is 1. The molecule has 0 bridgehead atoms. The number of pyridine rings is 1. The third-order valence-electron chi connectivity index (χ3n) is 3.48. The number of hydrogen-bond donors (Lipinski definition) is 2. The van der Waals surface area contributed by atoms with Crippen LogP contribution in [0.3, 0.4) is 0 Å². The van der Waals surface area contributed by atoms with Crippen molar-refractivity contribution in [1.29, 1.82) is 0 Å². The predicted molar refractivity (Wildman–Crippen MR) is 98.1 cm³/mol. The van der Waals surface area contributed by atoms with E-state index in [0.717, 1.165) is 16.9 Å². The van der Waals surface area contributed by atoms with Gasteiger partial charge in [0, 0.05) is 11.4 Å². The van der Waals surface area contributed by atoms with Crippen molar-refractivity contribution in [2.45, 2.75) is 6.92 Å². The minimum atomic E-state index is -0.538. The molecule has 25 heavy (non-hydrogen) atoms. The molecule has 2 aromatic carbocycles. The van der Waals surface area contributed by atoms with Gasteiger partial charge in [0.25, 0.3) is 5.91 Å². The summed E-state index contributed by atoms with van der Waals surface area (Å²) in [6.07, 6.45) is 1.58. The molecule has 0 radical (unpaired) electrons. The maximum absolute atomic E-state index is 13.1. The molecule has 4 nitrogen and oxygen atoms in total. The van der Waals surface area contributed by atoms with Crippen LogP contribution in [0.5, 0.6) is 0 Å². The molecule has 3 aromatic rings. The smallest absolute Gasteiger partial charge is 0.274 e. The standard InChI is InChI=1S/C19H15ClFN3O/c1-12-3-2-4-13(9-12)23-15-6-8-18(22-11-15)19(25)24-14-5-7-17(21)16(20)10-14/h2-11,23H,1H3,(H,24,25). The molecule has 0 atom stereocenters. The molecular formula is C19H15ClFN3O. The molecule has 2 N–H and O–H groups in total. The molecule has 0 aliphatic rings. The number of carbonyl (C=O) groups excluding carboxylic acids is 1. The van der Waals surface area contributed by atoms with E-state index in [4.69, 9.17) is 11.6 Å². The Kier molecular flexibility index (Phi) is 4.95. The van der Waals surface area contributed by atoms with Crippen molar-refractivity contribution in [1.82, 2.24) is 4.98 Å². The molecule has 0 fully saturated rings. The summed E-state index contributed by atoms with van der Waals surface area (Å²) in [5.74, 6) is -0.936. The third kappa shape index (κ3) is 4.33. The fourth-order valence-corrected chi connectivity index (χ4v) is 2.44. The Balaban J connectivity index is 1.68. The van der Waals surface area contributed by atoms with Gasteiger partial charge in [-0.15, -0.1) is 0 Å². The first-order chi connectivity index (χ1) is 12.0. The first-order valence-electron chi connectivity index (χ1n) is 7.57. The first kappa shape index (κ1) is 16.9. The van der Waals surface area contributed by atoms with E-state index in [0.29, 0.717) is 5.69 Å². The number of hydrogen-bond acceptors (Lipinski definition) is 3. The lowest BCUT2D eigenvalue weighted by Crippen LogP contribution is -2.13. The van der Waals surface area contributed by atoms with Crippen molar-refractivity contribution in [3.05, 3.63) is 82.9 Å². The second-order valence-corrected chi connectivity index (χ2v) is 5.92. The summed E-state index contributed by atoms with van der Waals surface area (Å²) in [5.41, 5.74) is 3.51. The average Bonchev–Trinajstić information content (AvgIpc) is 2.59. The van der Waals surface area contributed by atoms with Gasteiger partial charge in [0.1, 0.15) is 11.5 Å². The van der Waals surface area contributed by atoms with E-state index >= 15 is 0 Å². The van der Waals surface area contributed by atoms with Gasteiger partial charge in [-0.05, 0) is 55.0 Å². The number of aromatic nitrogens is 1. The van der Waals surface area contributed by atoms with Crippen molar-refractivity contribution in [3.8, 4) is 0 Å². The van der Waals surface area contributed by atoms with Gasteiger partial charge in [-0.2, -0.15) is 0 Å². The number of anilines is 3. The molecule has 0 aliphatic heterocycles. The molecule has 6 heteroatoms. The number of rotatable bonds is 4. The Morgan fingerprint density at radius 1 is 1.04 bits per heavy atom. The van der Waals surface area contributed by atoms with Gasteiger partial charge in [0.05, 0.1) is 16.9 Å². The molecule has 3 rings (SSSR count). The van der Waals surface area contributed by atoms with Crippen molar-refractivity contribution >= 4 is 34.6 Å². The highest BCUT2D eigenvalue weighted by molar-refractivity contribution is 6.31. The normalized spacial score (nSPS) is 10.4. The maximum atomic E-state index is 13.1. The monoisotopic (exact) mass is 355 g/mol. The quantitative estimate of drug-likeness (QED) is 0.678. The van der Waals surface area contributed by atoms with Crippen LogP contribution in [-0.4, -0.2) is 10.9 Å². The second-order valence-electron chi connectivity index (χ2n) is 5.51. The van der Waals surface area contributed by atoms with Crippen LogP contribution in [0.4, 0.5) is 21.5 Å². The highest BCUT2D eigenvalue weighted by Gasteiger charge is 2.09. The Bertz CT molecular complexity index is 913. The van der Waals surface area contributed by atoms with E-state index in [-0.39, 0.29) is 10.7 Å². The van der Waals surface area contributed by atoms with Crippen LogP contribution < -0.4 is 10.6 Å². The molecule has 0 aliphatic carbocycles. The minimum Gasteiger partial charge on any atom is -0.354 e. The van der Waals surface area contributed by atoms with Crippen molar-refractivity contribution < 1.29 is 9.18 Å². The van der Waals surface area contributed by atoms with E-state index in [1.54, 1.807) is 18.3 Å². The van der Waals surface area contributed by atoms with Gasteiger partial charge in [0.15, 0.2) is 0 Å². The molecule has 0 saturated heterocycles. The lowest BCUT2D eigenvalue weighted by molar-refractivity contribution is 0.102. The summed E-state index contributed by atoms with van der Waals surface area (Å²) in [4.78, 5) is 16.3. The van der Waals surface area contributed by atoms with Gasteiger partial charge < -0.3 is 10.6 Å². The SMILES string of the molecule is Cc1cccc(Nc2ccc(C(=O)Nc3ccc(F)c(Cl)c3)nc2)c1. The number of nitrogens with zero attached hydrogens (tertiary/aromatic N) is 1. The zero-order chi connectivity index (χ0) is 17.8. The van der Waals surface area contributed by atoms with E-state index < -0.39 is 11.7 Å². The van der Waals surface area contributed by atoms with Gasteiger partial charge in [-0.1, -0.05) is 23.7 Å². The summed E-state index contributed by atoms with van der Waals surface area (Å²) < 4.78 is 13.1. The van der Waals surface area contributed by atoms with Gasteiger partial charge >= 0.3 is 0 Å². The molecule has 1 aromatic heterocycles. The van der Waals surface area contributed by atoms with Gasteiger partial charge in [-0.25, -0.2) is 9.37 Å². The van der Waals surface area contributed by atoms with E-state index in [2.05, 4.69) is 15.6 Å². The van der Waals surface area contributed by atoms with E-state index in [1.165, 1.54) is 18.2 Å². The zero-order valence-corrected chi connectivity index (χ0v) is 14.1. The summed E-state index contributed by atoms with van der Waals surface area (Å²) in [6, 6.07) is 15.3. The van der Waals surface area contributed by atoms with Crippen LogP contribution >= 0.6 is 11.6 Å². The van der Waals surface area contributed by atoms with Gasteiger partial charge in [0.2, 0.25) is 0 Å². The second kappa shape index (κ2) is 7.32. The molecule has 1 heterocycles. The molecule has 1 amide bonds. The third-order valence-corrected chi connectivity index (χ3v) is 3.77. The topological polar surface area (TPSA) is 54.0 Å². The summed E-state index contributed by atoms with van der Waals surface area (Å²) in [6.45, 7) is 2.01. The lowest BCUT2D eigenvalue weighted by Gasteiger charge is -2.08. The van der Waals surface area contributed by atoms with Crippen LogP contribution in [0.1, 0.15) is 16.1 Å². The van der Waals surface area contributed by atoms with Crippen LogP contribution in [0.15, 0.2) is 60.8 Å². The number of halogens is 2. The predicted octanol–water partition coefficient (Wildman–Crippen LogP) is 5.18. The maximum Gasteiger partial charge on any atom is 0.274 e. The Morgan fingerprint density at radius 3 is 2.52 bits per heavy atom. The fourth-order valence-electron chi connectivity index (χ4n) is 2.26. The Labute approximate surface area is 149 Å².